The van der Waals surface area contributed by atoms with Crippen molar-refractivity contribution in [2.24, 2.45) is 0 Å². The molecule has 0 amide bonds. The average molecular weight is 554 g/mol. The third-order valence-electron chi connectivity index (χ3n) is 8.19. The minimum absolute atomic E-state index is 0.586. The van der Waals surface area contributed by atoms with Crippen molar-refractivity contribution in [1.82, 2.24) is 4.90 Å². The van der Waals surface area contributed by atoms with Crippen molar-refractivity contribution in [3.8, 4) is 10.4 Å². The molecule has 3 saturated heterocycles. The number of benzene rings is 1. The largest absolute Gasteiger partial charge is 0.387 e. The van der Waals surface area contributed by atoms with Gasteiger partial charge in [-0.2, -0.15) is 0 Å². The molecule has 1 unspecified atom stereocenters. The number of aliphatic hydroxyl groups is 2. The number of thiophene rings is 1. The molecular formula is C31H39NO6S. The molecule has 3 aliphatic heterocycles. The number of morpholine rings is 1. The SMILES string of the molecule is CC1=C(Cc2ccc(-c3cccc(CN4CCOCC4)c3)s2)C=C(C(O)[C@@H]2O[C@H]3OC(C)(C)O[C@H]3[C@@H]2O)CC1. The number of hydrogen-bond acceptors (Lipinski definition) is 8. The van der Waals surface area contributed by atoms with Crippen LogP contribution >= 0.6 is 11.3 Å². The van der Waals surface area contributed by atoms with Gasteiger partial charge >= 0.3 is 0 Å². The highest BCUT2D eigenvalue weighted by molar-refractivity contribution is 7.15. The maximum Gasteiger partial charge on any atom is 0.190 e. The fourth-order valence-electron chi connectivity index (χ4n) is 5.99. The molecule has 1 aromatic heterocycles. The topological polar surface area (TPSA) is 80.6 Å². The van der Waals surface area contributed by atoms with Crippen LogP contribution in [0.3, 0.4) is 0 Å². The number of rotatable bonds is 7. The van der Waals surface area contributed by atoms with Crippen molar-refractivity contribution in [3.63, 3.8) is 0 Å². The monoisotopic (exact) mass is 553 g/mol. The van der Waals surface area contributed by atoms with Crippen LogP contribution in [0.2, 0.25) is 0 Å². The number of aliphatic hydroxyl groups excluding tert-OH is 2. The van der Waals surface area contributed by atoms with Gasteiger partial charge in [-0.25, -0.2) is 0 Å². The molecule has 5 atom stereocenters. The zero-order valence-electron chi connectivity index (χ0n) is 23.0. The van der Waals surface area contributed by atoms with Crippen molar-refractivity contribution in [3.05, 3.63) is 69.6 Å². The first-order valence-electron chi connectivity index (χ1n) is 14.0. The first kappa shape index (κ1) is 27.3. The van der Waals surface area contributed by atoms with E-state index in [-0.39, 0.29) is 0 Å². The van der Waals surface area contributed by atoms with E-state index in [2.05, 4.69) is 54.3 Å². The molecule has 4 heterocycles. The van der Waals surface area contributed by atoms with Crippen LogP contribution in [0.15, 0.2) is 59.2 Å². The quantitative estimate of drug-likeness (QED) is 0.525. The summed E-state index contributed by atoms with van der Waals surface area (Å²) in [4.78, 5) is 5.01. The Morgan fingerprint density at radius 2 is 1.92 bits per heavy atom. The highest BCUT2D eigenvalue weighted by Gasteiger charge is 2.56. The van der Waals surface area contributed by atoms with Crippen molar-refractivity contribution < 1.29 is 29.2 Å². The lowest BCUT2D eigenvalue weighted by Gasteiger charge is -2.29. The fourth-order valence-corrected chi connectivity index (χ4v) is 7.02. The second kappa shape index (κ2) is 11.2. The Balaban J connectivity index is 1.12. The smallest absolute Gasteiger partial charge is 0.190 e. The molecule has 4 aliphatic rings. The van der Waals surface area contributed by atoms with Gasteiger partial charge in [-0.3, -0.25) is 4.90 Å². The summed E-state index contributed by atoms with van der Waals surface area (Å²) in [6, 6.07) is 13.3. The lowest BCUT2D eigenvalue weighted by atomic mass is 9.86. The molecule has 210 valence electrons. The number of hydrogen-bond donors (Lipinski definition) is 2. The summed E-state index contributed by atoms with van der Waals surface area (Å²) in [5, 5.41) is 22.0. The number of fused-ring (bicyclic) bond motifs is 1. The van der Waals surface area contributed by atoms with Crippen LogP contribution < -0.4 is 0 Å². The summed E-state index contributed by atoms with van der Waals surface area (Å²) in [5.41, 5.74) is 6.05. The Labute approximate surface area is 234 Å². The highest BCUT2D eigenvalue weighted by Crippen LogP contribution is 2.41. The molecule has 2 aromatic rings. The number of ether oxygens (including phenoxy) is 4. The summed E-state index contributed by atoms with van der Waals surface area (Å²) < 4.78 is 23.0. The fraction of sp³-hybridized carbons (Fsp3) is 0.548. The maximum atomic E-state index is 11.2. The first-order chi connectivity index (χ1) is 18.8. The lowest BCUT2D eigenvalue weighted by Crippen LogP contribution is -2.41. The normalized spacial score (nSPS) is 29.9. The third kappa shape index (κ3) is 5.94. The molecule has 2 N–H and O–H groups in total. The first-order valence-corrected chi connectivity index (χ1v) is 14.8. The predicted molar refractivity (Wildman–Crippen MR) is 150 cm³/mol. The molecule has 6 rings (SSSR count). The summed E-state index contributed by atoms with van der Waals surface area (Å²) in [5.74, 6) is -0.799. The minimum atomic E-state index is -0.943. The standard InChI is InChI=1S/C31H39NO6S/c1-19-7-8-22(26(33)28-27(34)29-30(36-28)38-31(2,3)37-29)16-23(19)17-24-9-10-25(39-24)21-6-4-5-20(15-21)18-32-11-13-35-14-12-32/h4-6,9-10,15-16,26-30,33-34H,7-8,11-14,17-18H2,1-3H3/t26?,27-,28+,29+,30+/m1/s1. The van der Waals surface area contributed by atoms with E-state index in [0.29, 0.717) is 0 Å². The third-order valence-corrected chi connectivity index (χ3v) is 9.32. The van der Waals surface area contributed by atoms with Crippen molar-refractivity contribution in [1.29, 1.82) is 0 Å². The van der Waals surface area contributed by atoms with Gasteiger partial charge in [-0.05, 0) is 74.1 Å². The van der Waals surface area contributed by atoms with Gasteiger partial charge in [0.1, 0.15) is 24.4 Å². The van der Waals surface area contributed by atoms with E-state index in [9.17, 15) is 10.2 Å². The van der Waals surface area contributed by atoms with Gasteiger partial charge in [0.15, 0.2) is 12.1 Å². The van der Waals surface area contributed by atoms with E-state index in [0.717, 1.165) is 57.7 Å². The predicted octanol–water partition coefficient (Wildman–Crippen LogP) is 4.42. The van der Waals surface area contributed by atoms with Crippen LogP contribution in [-0.2, 0) is 31.9 Å². The number of allylic oxidation sites excluding steroid dienone is 3. The van der Waals surface area contributed by atoms with E-state index in [1.54, 1.807) is 13.8 Å². The van der Waals surface area contributed by atoms with E-state index in [1.807, 2.05) is 11.3 Å². The highest BCUT2D eigenvalue weighted by atomic mass is 32.1. The second-order valence-electron chi connectivity index (χ2n) is 11.6. The van der Waals surface area contributed by atoms with Gasteiger partial charge in [-0.15, -0.1) is 11.3 Å². The Morgan fingerprint density at radius 3 is 2.72 bits per heavy atom. The van der Waals surface area contributed by atoms with Crippen LogP contribution in [0.5, 0.6) is 0 Å². The zero-order chi connectivity index (χ0) is 27.1. The molecule has 8 heteroatoms. The van der Waals surface area contributed by atoms with Gasteiger partial charge in [0.2, 0.25) is 0 Å². The van der Waals surface area contributed by atoms with E-state index < -0.39 is 36.5 Å². The second-order valence-corrected chi connectivity index (χ2v) is 12.7. The zero-order valence-corrected chi connectivity index (χ0v) is 23.8. The van der Waals surface area contributed by atoms with E-state index in [4.69, 9.17) is 18.9 Å². The molecular weight excluding hydrogens is 514 g/mol. The van der Waals surface area contributed by atoms with Crippen molar-refractivity contribution in [2.75, 3.05) is 26.3 Å². The average Bonchev–Trinajstić information content (AvgIpc) is 3.59. The Kier molecular flexibility index (Phi) is 7.83. The van der Waals surface area contributed by atoms with Crippen LogP contribution in [0.4, 0.5) is 0 Å². The lowest BCUT2D eigenvalue weighted by molar-refractivity contribution is -0.223. The van der Waals surface area contributed by atoms with Crippen molar-refractivity contribution in [2.45, 2.75) is 83.1 Å². The Bertz CT molecular complexity index is 1250. The molecule has 0 bridgehead atoms. The summed E-state index contributed by atoms with van der Waals surface area (Å²) in [6.07, 6.45) is 0.707. The van der Waals surface area contributed by atoms with Gasteiger partial charge in [0, 0.05) is 35.8 Å². The van der Waals surface area contributed by atoms with Crippen LogP contribution in [0, 0.1) is 0 Å². The van der Waals surface area contributed by atoms with Crippen molar-refractivity contribution >= 4 is 11.3 Å². The van der Waals surface area contributed by atoms with Gasteiger partial charge in [0.05, 0.1) is 13.2 Å². The number of nitrogens with zero attached hydrogens (tertiary/aromatic N) is 1. The molecule has 3 fully saturated rings. The van der Waals surface area contributed by atoms with Crippen LogP contribution in [0.1, 0.15) is 44.1 Å². The molecule has 0 spiro atoms. The molecule has 7 nitrogen and oxygen atoms in total. The van der Waals surface area contributed by atoms with Gasteiger partial charge in [-0.1, -0.05) is 29.8 Å². The van der Waals surface area contributed by atoms with Crippen LogP contribution in [-0.4, -0.2) is 77.9 Å². The summed E-state index contributed by atoms with van der Waals surface area (Å²) in [6.45, 7) is 10.3. The molecule has 1 aromatic carbocycles. The van der Waals surface area contributed by atoms with Gasteiger partial charge < -0.3 is 29.2 Å². The van der Waals surface area contributed by atoms with E-state index >= 15 is 0 Å². The summed E-state index contributed by atoms with van der Waals surface area (Å²) >= 11 is 1.83. The minimum Gasteiger partial charge on any atom is -0.387 e. The molecule has 0 saturated carbocycles. The van der Waals surface area contributed by atoms with Crippen LogP contribution in [0.25, 0.3) is 10.4 Å². The Hall–Kier alpha value is -1.88. The summed E-state index contributed by atoms with van der Waals surface area (Å²) in [7, 11) is 0. The van der Waals surface area contributed by atoms with Gasteiger partial charge in [0.25, 0.3) is 0 Å². The van der Waals surface area contributed by atoms with E-state index in [1.165, 1.54) is 32.0 Å². The molecule has 39 heavy (non-hydrogen) atoms. The molecule has 1 aliphatic carbocycles. The molecule has 0 radical (unpaired) electrons. The maximum absolute atomic E-state index is 11.2. The Morgan fingerprint density at radius 1 is 1.10 bits per heavy atom.